The highest BCUT2D eigenvalue weighted by Gasteiger charge is 2.42. The fourth-order valence-corrected chi connectivity index (χ4v) is 6.22. The predicted molar refractivity (Wildman–Crippen MR) is 126 cm³/mol. The van der Waals surface area contributed by atoms with Gasteiger partial charge in [-0.25, -0.2) is 12.7 Å². The third-order valence-electron chi connectivity index (χ3n) is 6.44. The van der Waals surface area contributed by atoms with E-state index in [-0.39, 0.29) is 21.9 Å². The summed E-state index contributed by atoms with van der Waals surface area (Å²) in [5.74, 6) is -0.117. The van der Waals surface area contributed by atoms with E-state index in [9.17, 15) is 18.0 Å². The standard InChI is InChI=1S/C25H31N3O4S/c1-17(2)28-25(30)22-9-8-21(14-23(22)33(28,31)32)24(29)26-15-19-4-6-20(7-5-19)16-27-12-10-18(3)11-13-27/h4-9,14,17-18H,10-13,15-16H2,1-3H3,(H,26,29). The van der Waals surface area contributed by atoms with Gasteiger partial charge in [0.25, 0.3) is 21.8 Å². The summed E-state index contributed by atoms with van der Waals surface area (Å²) in [6.07, 6.45) is 2.50. The molecule has 0 aromatic heterocycles. The predicted octanol–water partition coefficient (Wildman–Crippen LogP) is 3.40. The maximum absolute atomic E-state index is 12.8. The van der Waals surface area contributed by atoms with Crippen LogP contribution in [-0.4, -0.2) is 48.6 Å². The van der Waals surface area contributed by atoms with Gasteiger partial charge in [-0.2, -0.15) is 0 Å². The molecular formula is C25H31N3O4S. The van der Waals surface area contributed by atoms with Crippen molar-refractivity contribution in [3.8, 4) is 0 Å². The van der Waals surface area contributed by atoms with Gasteiger partial charge in [0.2, 0.25) is 0 Å². The SMILES string of the molecule is CC1CCN(Cc2ccc(CNC(=O)c3ccc4c(c3)S(=O)(=O)N(C(C)C)C4=O)cc2)CC1. The largest absolute Gasteiger partial charge is 0.348 e. The quantitative estimate of drug-likeness (QED) is 0.701. The zero-order valence-electron chi connectivity index (χ0n) is 19.4. The number of rotatable bonds is 6. The van der Waals surface area contributed by atoms with Crippen LogP contribution in [0.25, 0.3) is 0 Å². The summed E-state index contributed by atoms with van der Waals surface area (Å²) in [6.45, 7) is 9.14. The van der Waals surface area contributed by atoms with Gasteiger partial charge in [-0.05, 0) is 75.0 Å². The Labute approximate surface area is 195 Å². The van der Waals surface area contributed by atoms with Crippen LogP contribution in [0.4, 0.5) is 0 Å². The van der Waals surface area contributed by atoms with Crippen LogP contribution in [-0.2, 0) is 23.1 Å². The summed E-state index contributed by atoms with van der Waals surface area (Å²) in [6, 6.07) is 11.9. The lowest BCUT2D eigenvalue weighted by molar-refractivity contribution is 0.0845. The molecule has 2 aliphatic rings. The van der Waals surface area contributed by atoms with Crippen LogP contribution in [0.15, 0.2) is 47.4 Å². The Morgan fingerprint density at radius 1 is 1.06 bits per heavy atom. The molecule has 2 heterocycles. The Morgan fingerprint density at radius 3 is 2.33 bits per heavy atom. The Morgan fingerprint density at radius 2 is 1.70 bits per heavy atom. The molecule has 7 nitrogen and oxygen atoms in total. The second-order valence-electron chi connectivity index (χ2n) is 9.37. The molecule has 0 unspecified atom stereocenters. The van der Waals surface area contributed by atoms with Gasteiger partial charge in [-0.15, -0.1) is 0 Å². The molecule has 8 heteroatoms. The zero-order chi connectivity index (χ0) is 23.8. The summed E-state index contributed by atoms with van der Waals surface area (Å²) >= 11 is 0. The number of benzene rings is 2. The minimum atomic E-state index is -3.94. The van der Waals surface area contributed by atoms with Crippen molar-refractivity contribution >= 4 is 21.8 Å². The number of hydrogen-bond donors (Lipinski definition) is 1. The van der Waals surface area contributed by atoms with Crippen molar-refractivity contribution in [3.05, 3.63) is 64.7 Å². The number of nitrogens with one attached hydrogen (secondary N) is 1. The van der Waals surface area contributed by atoms with Gasteiger partial charge in [0.05, 0.1) is 5.56 Å². The third-order valence-corrected chi connectivity index (χ3v) is 8.44. The Bertz CT molecular complexity index is 1150. The van der Waals surface area contributed by atoms with Crippen molar-refractivity contribution in [2.45, 2.75) is 57.6 Å². The van der Waals surface area contributed by atoms with Crippen LogP contribution in [0.5, 0.6) is 0 Å². The normalized spacial score (nSPS) is 18.5. The minimum Gasteiger partial charge on any atom is -0.348 e. The summed E-state index contributed by atoms with van der Waals surface area (Å²) < 4.78 is 26.4. The highest BCUT2D eigenvalue weighted by molar-refractivity contribution is 7.90. The highest BCUT2D eigenvalue weighted by Crippen LogP contribution is 2.32. The van der Waals surface area contributed by atoms with Crippen LogP contribution in [0.3, 0.4) is 0 Å². The number of carbonyl (C=O) groups excluding carboxylic acids is 2. The maximum Gasteiger partial charge on any atom is 0.269 e. The van der Waals surface area contributed by atoms with E-state index in [1.807, 2.05) is 12.1 Å². The molecule has 2 aliphatic heterocycles. The fraction of sp³-hybridized carbons (Fsp3) is 0.440. The smallest absolute Gasteiger partial charge is 0.269 e. The molecule has 4 rings (SSSR count). The average molecular weight is 470 g/mol. The van der Waals surface area contributed by atoms with Crippen LogP contribution in [0.1, 0.15) is 65.5 Å². The molecule has 2 aromatic rings. The van der Waals surface area contributed by atoms with Crippen molar-refractivity contribution in [2.24, 2.45) is 5.92 Å². The number of nitrogens with zero attached hydrogens (tertiary/aromatic N) is 2. The van der Waals surface area contributed by atoms with E-state index in [1.165, 1.54) is 36.6 Å². The lowest BCUT2D eigenvalue weighted by Gasteiger charge is -2.30. The van der Waals surface area contributed by atoms with Gasteiger partial charge >= 0.3 is 0 Å². The van der Waals surface area contributed by atoms with E-state index in [0.717, 1.165) is 35.4 Å². The van der Waals surface area contributed by atoms with Gasteiger partial charge in [0.15, 0.2) is 0 Å². The van der Waals surface area contributed by atoms with Crippen LogP contribution < -0.4 is 5.32 Å². The fourth-order valence-electron chi connectivity index (χ4n) is 4.42. The molecule has 0 bridgehead atoms. The molecule has 1 saturated heterocycles. The molecule has 2 amide bonds. The van der Waals surface area contributed by atoms with Gasteiger partial charge < -0.3 is 5.32 Å². The summed E-state index contributed by atoms with van der Waals surface area (Å²) in [4.78, 5) is 27.5. The van der Waals surface area contributed by atoms with E-state index in [4.69, 9.17) is 0 Å². The minimum absolute atomic E-state index is 0.106. The molecule has 33 heavy (non-hydrogen) atoms. The first-order chi connectivity index (χ1) is 15.7. The molecule has 0 radical (unpaired) electrons. The summed E-state index contributed by atoms with van der Waals surface area (Å²) in [7, 11) is -3.94. The molecule has 2 aromatic carbocycles. The average Bonchev–Trinajstić information content (AvgIpc) is 2.99. The van der Waals surface area contributed by atoms with Gasteiger partial charge in [0, 0.05) is 24.7 Å². The number of piperidine rings is 1. The van der Waals surface area contributed by atoms with E-state index >= 15 is 0 Å². The third kappa shape index (κ3) is 4.82. The van der Waals surface area contributed by atoms with Gasteiger partial charge in [-0.3, -0.25) is 14.5 Å². The van der Waals surface area contributed by atoms with E-state index in [0.29, 0.717) is 6.54 Å². The summed E-state index contributed by atoms with van der Waals surface area (Å²) in [5, 5.41) is 2.84. The van der Waals surface area contributed by atoms with Crippen molar-refractivity contribution in [2.75, 3.05) is 13.1 Å². The van der Waals surface area contributed by atoms with Crippen LogP contribution in [0, 0.1) is 5.92 Å². The molecule has 0 atom stereocenters. The second-order valence-corrected chi connectivity index (χ2v) is 11.2. The van der Waals surface area contributed by atoms with Crippen molar-refractivity contribution in [3.63, 3.8) is 0 Å². The second kappa shape index (κ2) is 9.27. The van der Waals surface area contributed by atoms with Crippen LogP contribution >= 0.6 is 0 Å². The first kappa shape index (κ1) is 23.4. The van der Waals surface area contributed by atoms with E-state index < -0.39 is 22.0 Å². The monoisotopic (exact) mass is 469 g/mol. The molecular weight excluding hydrogens is 438 g/mol. The highest BCUT2D eigenvalue weighted by atomic mass is 32.2. The number of amides is 2. The van der Waals surface area contributed by atoms with E-state index in [1.54, 1.807) is 13.8 Å². The first-order valence-corrected chi connectivity index (χ1v) is 12.9. The molecule has 1 fully saturated rings. The molecule has 0 aliphatic carbocycles. The van der Waals surface area contributed by atoms with Gasteiger partial charge in [0.1, 0.15) is 4.90 Å². The number of fused-ring (bicyclic) bond motifs is 1. The Kier molecular flexibility index (Phi) is 6.59. The Hall–Kier alpha value is -2.71. The topological polar surface area (TPSA) is 86.8 Å². The zero-order valence-corrected chi connectivity index (χ0v) is 20.2. The summed E-state index contributed by atoms with van der Waals surface area (Å²) in [5.41, 5.74) is 2.54. The lowest BCUT2D eigenvalue weighted by atomic mass is 9.99. The van der Waals surface area contributed by atoms with Crippen molar-refractivity contribution in [1.82, 2.24) is 14.5 Å². The lowest BCUT2D eigenvalue weighted by Crippen LogP contribution is -2.36. The van der Waals surface area contributed by atoms with E-state index in [2.05, 4.69) is 29.3 Å². The first-order valence-electron chi connectivity index (χ1n) is 11.5. The number of carbonyl (C=O) groups is 2. The molecule has 176 valence electrons. The van der Waals surface area contributed by atoms with Crippen molar-refractivity contribution in [1.29, 1.82) is 0 Å². The van der Waals surface area contributed by atoms with Crippen LogP contribution in [0.2, 0.25) is 0 Å². The molecule has 0 spiro atoms. The van der Waals surface area contributed by atoms with Gasteiger partial charge in [-0.1, -0.05) is 31.2 Å². The number of hydrogen-bond acceptors (Lipinski definition) is 5. The van der Waals surface area contributed by atoms with Crippen molar-refractivity contribution < 1.29 is 18.0 Å². The number of sulfonamides is 1. The Balaban J connectivity index is 1.38. The molecule has 1 N–H and O–H groups in total. The maximum atomic E-state index is 12.8. The number of likely N-dealkylation sites (tertiary alicyclic amines) is 1. The molecule has 0 saturated carbocycles.